The van der Waals surface area contributed by atoms with Gasteiger partial charge in [-0.2, -0.15) is 10.2 Å². The largest absolute Gasteiger partial charge is 0.489 e. The number of aromatic nitrogens is 12. The van der Waals surface area contributed by atoms with Gasteiger partial charge in [0.1, 0.15) is 11.5 Å². The van der Waals surface area contributed by atoms with E-state index in [2.05, 4.69) is 42.3 Å². The number of imidazole rings is 2. The summed E-state index contributed by atoms with van der Waals surface area (Å²) < 4.78 is 21.9. The van der Waals surface area contributed by atoms with Crippen molar-refractivity contribution in [3.05, 3.63) is 130 Å². The van der Waals surface area contributed by atoms with Crippen LogP contribution < -0.4 is 20.9 Å². The Balaban J connectivity index is 0.000000164. The van der Waals surface area contributed by atoms with Crippen LogP contribution in [0.4, 0.5) is 0 Å². The summed E-state index contributed by atoms with van der Waals surface area (Å²) in [6, 6.07) is 16.1. The lowest BCUT2D eigenvalue weighted by Crippen LogP contribution is -2.21. The molecule has 0 N–H and O–H groups in total. The fourth-order valence-electron chi connectivity index (χ4n) is 8.37. The van der Waals surface area contributed by atoms with Crippen molar-refractivity contribution in [2.45, 2.75) is 60.7 Å². The summed E-state index contributed by atoms with van der Waals surface area (Å²) in [5, 5.41) is 10.6. The smallest absolute Gasteiger partial charge is 0.333 e. The number of hydrogen-bond acceptors (Lipinski definition) is 10. The van der Waals surface area contributed by atoms with Crippen LogP contribution in [0.5, 0.6) is 11.5 Å². The third kappa shape index (κ3) is 7.59. The molecule has 0 saturated heterocycles. The molecule has 0 bridgehead atoms. The lowest BCUT2D eigenvalue weighted by Gasteiger charge is -2.13. The molecule has 0 fully saturated rings. The monoisotopic (exact) mass is 870 g/mol. The van der Waals surface area contributed by atoms with Crippen molar-refractivity contribution in [3.8, 4) is 45.1 Å². The minimum absolute atomic E-state index is 0.0580. The lowest BCUT2D eigenvalue weighted by atomic mass is 10.0. The molecule has 0 saturated carbocycles. The number of ether oxygens (including phenoxy) is 2. The number of pyridine rings is 4. The van der Waals surface area contributed by atoms with Crippen LogP contribution in [-0.2, 0) is 28.2 Å². The first-order valence-corrected chi connectivity index (χ1v) is 21.3. The van der Waals surface area contributed by atoms with Crippen LogP contribution >= 0.6 is 0 Å². The standard InChI is InChI=1S/C25H26N6O2.C24H24N6O2/c1-14(2)33-23-10-18(11-26-16(23)4)17-7-8-20-19(9-17)24-21(12-27-20)30(6)25(32)31(24)22-13-29(5)28-15(22)3;1-14(2)32-18-8-17(10-25-11-18)16-6-7-20-19(9-16)23-21(12-26-20)29(5)24(31)30(23)22-13-28(4)27-15(22)3/h7-14H,1-6H3;6-14H,1-5H3. The zero-order valence-corrected chi connectivity index (χ0v) is 38.3. The van der Waals surface area contributed by atoms with E-state index in [0.29, 0.717) is 0 Å². The molecule has 8 heterocycles. The molecule has 8 aromatic heterocycles. The van der Waals surface area contributed by atoms with Gasteiger partial charge in [-0.25, -0.2) is 9.59 Å². The summed E-state index contributed by atoms with van der Waals surface area (Å²) in [4.78, 5) is 44.6. The van der Waals surface area contributed by atoms with E-state index in [-0.39, 0.29) is 23.6 Å². The molecule has 10 aromatic rings. The molecule has 10 rings (SSSR count). The van der Waals surface area contributed by atoms with Gasteiger partial charge in [0.05, 0.1) is 92.4 Å². The molecule has 0 aliphatic rings. The summed E-state index contributed by atoms with van der Waals surface area (Å²) >= 11 is 0. The molecule has 0 amide bonds. The average molecular weight is 871 g/mol. The molecule has 2 aromatic carbocycles. The summed E-state index contributed by atoms with van der Waals surface area (Å²) in [5.41, 5.74) is 12.3. The van der Waals surface area contributed by atoms with Crippen LogP contribution in [-0.4, -0.2) is 70.0 Å². The number of fused-ring (bicyclic) bond motifs is 6. The predicted octanol–water partition coefficient (Wildman–Crippen LogP) is 7.85. The van der Waals surface area contributed by atoms with Crippen LogP contribution in [0.1, 0.15) is 44.8 Å². The molecular weight excluding hydrogens is 821 g/mol. The van der Waals surface area contributed by atoms with Gasteiger partial charge in [-0.3, -0.25) is 47.6 Å². The maximum atomic E-state index is 13.3. The van der Waals surface area contributed by atoms with Gasteiger partial charge in [0.15, 0.2) is 0 Å². The van der Waals surface area contributed by atoms with Crippen molar-refractivity contribution in [1.82, 2.24) is 57.8 Å². The fraction of sp³-hybridized carbons (Fsp3) is 0.265. The second-order valence-corrected chi connectivity index (χ2v) is 16.9. The maximum absolute atomic E-state index is 13.3. The Labute approximate surface area is 374 Å². The van der Waals surface area contributed by atoms with Crippen molar-refractivity contribution < 1.29 is 9.47 Å². The Bertz CT molecular complexity index is 3600. The highest BCUT2D eigenvalue weighted by Crippen LogP contribution is 2.34. The van der Waals surface area contributed by atoms with Gasteiger partial charge in [-0.15, -0.1) is 0 Å². The average Bonchev–Trinajstić information content (AvgIpc) is 3.95. The van der Waals surface area contributed by atoms with Gasteiger partial charge < -0.3 is 9.47 Å². The Kier molecular flexibility index (Phi) is 10.7. The van der Waals surface area contributed by atoms with Gasteiger partial charge in [0.2, 0.25) is 0 Å². The molecule has 0 radical (unpaired) electrons. The van der Waals surface area contributed by atoms with Gasteiger partial charge in [0, 0.05) is 74.9 Å². The molecule has 16 heteroatoms. The van der Waals surface area contributed by atoms with Crippen molar-refractivity contribution in [2.24, 2.45) is 28.2 Å². The molecule has 65 heavy (non-hydrogen) atoms. The van der Waals surface area contributed by atoms with E-state index in [9.17, 15) is 9.59 Å². The van der Waals surface area contributed by atoms with Gasteiger partial charge >= 0.3 is 11.4 Å². The van der Waals surface area contributed by atoms with Gasteiger partial charge in [0.25, 0.3) is 0 Å². The Hall–Kier alpha value is -7.88. The van der Waals surface area contributed by atoms with Crippen molar-refractivity contribution in [1.29, 1.82) is 0 Å². The van der Waals surface area contributed by atoms with E-state index in [1.165, 1.54) is 0 Å². The highest BCUT2D eigenvalue weighted by atomic mass is 16.5. The molecule has 16 nitrogen and oxygen atoms in total. The second-order valence-electron chi connectivity index (χ2n) is 16.9. The van der Waals surface area contributed by atoms with Crippen LogP contribution in [0.2, 0.25) is 0 Å². The minimum atomic E-state index is -0.134. The van der Waals surface area contributed by atoms with Crippen LogP contribution in [0.3, 0.4) is 0 Å². The van der Waals surface area contributed by atoms with Crippen molar-refractivity contribution in [3.63, 3.8) is 0 Å². The Morgan fingerprint density at radius 1 is 0.523 bits per heavy atom. The fourth-order valence-corrected chi connectivity index (χ4v) is 8.37. The van der Waals surface area contributed by atoms with Crippen molar-refractivity contribution >= 4 is 43.9 Å². The normalized spacial score (nSPS) is 11.7. The second kappa shape index (κ2) is 16.3. The van der Waals surface area contributed by atoms with E-state index in [1.54, 1.807) is 60.3 Å². The molecule has 0 aliphatic carbocycles. The Morgan fingerprint density at radius 2 is 1.02 bits per heavy atom. The third-order valence-electron chi connectivity index (χ3n) is 11.4. The molecule has 0 aliphatic heterocycles. The first-order chi connectivity index (χ1) is 31.1. The molecule has 0 atom stereocenters. The van der Waals surface area contributed by atoms with E-state index >= 15 is 0 Å². The first-order valence-electron chi connectivity index (χ1n) is 21.3. The summed E-state index contributed by atoms with van der Waals surface area (Å²) in [6.07, 6.45) is 12.7. The maximum Gasteiger partial charge on any atom is 0.333 e. The molecule has 330 valence electrons. The highest BCUT2D eigenvalue weighted by molar-refractivity contribution is 6.06. The topological polar surface area (TPSA) is 160 Å². The highest BCUT2D eigenvalue weighted by Gasteiger charge is 2.21. The Morgan fingerprint density at radius 3 is 1.48 bits per heavy atom. The van der Waals surface area contributed by atoms with Gasteiger partial charge in [-0.05, 0) is 96.0 Å². The van der Waals surface area contributed by atoms with Crippen LogP contribution in [0, 0.1) is 20.8 Å². The minimum Gasteiger partial charge on any atom is -0.489 e. The predicted molar refractivity (Wildman–Crippen MR) is 253 cm³/mol. The summed E-state index contributed by atoms with van der Waals surface area (Å²) in [7, 11) is 7.24. The zero-order valence-electron chi connectivity index (χ0n) is 38.3. The zero-order chi connectivity index (χ0) is 46.0. The van der Waals surface area contributed by atoms with E-state index in [1.807, 2.05) is 124 Å². The first kappa shape index (κ1) is 42.4. The lowest BCUT2D eigenvalue weighted by molar-refractivity contribution is 0.239. The number of benzene rings is 2. The number of hydrogen-bond donors (Lipinski definition) is 0. The van der Waals surface area contributed by atoms with E-state index < -0.39 is 0 Å². The summed E-state index contributed by atoms with van der Waals surface area (Å²) in [5.74, 6) is 1.48. The van der Waals surface area contributed by atoms with Crippen molar-refractivity contribution in [2.75, 3.05) is 0 Å². The summed E-state index contributed by atoms with van der Waals surface area (Å²) in [6.45, 7) is 13.7. The number of nitrogens with zero attached hydrogens (tertiary/aromatic N) is 12. The molecule has 0 unspecified atom stereocenters. The third-order valence-corrected chi connectivity index (χ3v) is 11.4. The van der Waals surface area contributed by atoms with Crippen LogP contribution in [0.15, 0.2) is 101 Å². The van der Waals surface area contributed by atoms with E-state index in [0.717, 1.165) is 106 Å². The number of rotatable bonds is 8. The molecule has 0 spiro atoms. The van der Waals surface area contributed by atoms with Gasteiger partial charge in [-0.1, -0.05) is 12.1 Å². The SMILES string of the molecule is Cc1ncc(-c2ccc3ncc4c(c3c2)n(-c2cn(C)nc2C)c(=O)n4C)cc1OC(C)C.Cc1nn(C)cc1-n1c(=O)n(C)c2cnc3ccc(-c4cncc(OC(C)C)c4)cc3c21. The van der Waals surface area contributed by atoms with E-state index in [4.69, 9.17) is 9.47 Å². The molecular formula is C49H50N12O4. The quantitative estimate of drug-likeness (QED) is 0.147. The number of aryl methyl sites for hydroxylation is 7. The van der Waals surface area contributed by atoms with Crippen LogP contribution in [0.25, 0.3) is 77.5 Å².